The summed E-state index contributed by atoms with van der Waals surface area (Å²) < 4.78 is 1.03. The molecule has 0 saturated heterocycles. The van der Waals surface area contributed by atoms with Gasteiger partial charge in [0, 0.05) is 23.2 Å². The fourth-order valence-corrected chi connectivity index (χ4v) is 3.50. The topological polar surface area (TPSA) is 50.7 Å². The van der Waals surface area contributed by atoms with E-state index in [0.717, 1.165) is 39.4 Å². The van der Waals surface area contributed by atoms with Crippen molar-refractivity contribution in [2.45, 2.75) is 36.6 Å². The Morgan fingerprint density at radius 3 is 2.78 bits per heavy atom. The van der Waals surface area contributed by atoms with Crippen LogP contribution in [0.15, 0.2) is 21.1 Å². The van der Waals surface area contributed by atoms with E-state index in [4.69, 9.17) is 0 Å². The molecular weight excluding hydrogens is 264 g/mol. The summed E-state index contributed by atoms with van der Waals surface area (Å²) in [4.78, 5) is 13.1. The van der Waals surface area contributed by atoms with E-state index in [1.54, 1.807) is 29.4 Å². The van der Waals surface area contributed by atoms with Crippen LogP contribution in [0, 0.1) is 6.92 Å². The summed E-state index contributed by atoms with van der Waals surface area (Å²) in [6.07, 6.45) is 2.52. The highest BCUT2D eigenvalue weighted by atomic mass is 32.2. The molecule has 6 heteroatoms. The molecule has 0 saturated carbocycles. The summed E-state index contributed by atoms with van der Waals surface area (Å²) in [6, 6.07) is 0. The lowest BCUT2D eigenvalue weighted by Crippen LogP contribution is -2.05. The fourth-order valence-electron chi connectivity index (χ4n) is 1.58. The Kier molecular flexibility index (Phi) is 4.54. The number of rotatable bonds is 5. The minimum absolute atomic E-state index is 0.866. The second-order valence-electron chi connectivity index (χ2n) is 3.75. The summed E-state index contributed by atoms with van der Waals surface area (Å²) in [7, 11) is 0. The number of nitrogens with one attached hydrogen (secondary N) is 1. The highest BCUT2D eigenvalue weighted by Crippen LogP contribution is 2.33. The summed E-state index contributed by atoms with van der Waals surface area (Å²) >= 11 is 3.27. The van der Waals surface area contributed by atoms with Crippen molar-refractivity contribution in [2.24, 2.45) is 0 Å². The van der Waals surface area contributed by atoms with E-state index in [1.807, 2.05) is 6.92 Å². The van der Waals surface area contributed by atoms with Gasteiger partial charge < -0.3 is 5.32 Å². The van der Waals surface area contributed by atoms with Gasteiger partial charge in [0.1, 0.15) is 17.2 Å². The first-order valence-electron chi connectivity index (χ1n) is 5.92. The molecule has 96 valence electrons. The van der Waals surface area contributed by atoms with Crippen LogP contribution in [0.5, 0.6) is 0 Å². The smallest absolute Gasteiger partial charge is 0.156 e. The van der Waals surface area contributed by atoms with E-state index in [-0.39, 0.29) is 0 Å². The molecule has 0 radical (unpaired) electrons. The number of aryl methyl sites for hydroxylation is 1. The van der Waals surface area contributed by atoms with Crippen molar-refractivity contribution in [2.75, 3.05) is 11.9 Å². The first-order chi connectivity index (χ1) is 8.74. The molecule has 0 aromatic carbocycles. The Hall–Kier alpha value is -1.14. The Bertz CT molecular complexity index is 525. The van der Waals surface area contributed by atoms with Crippen LogP contribution in [0.25, 0.3) is 0 Å². The molecule has 18 heavy (non-hydrogen) atoms. The van der Waals surface area contributed by atoms with Gasteiger partial charge in [0.2, 0.25) is 0 Å². The normalized spacial score (nSPS) is 10.6. The molecule has 2 rings (SSSR count). The maximum atomic E-state index is 4.46. The minimum atomic E-state index is 0.866. The Labute approximate surface area is 115 Å². The van der Waals surface area contributed by atoms with Crippen LogP contribution in [-0.2, 0) is 6.42 Å². The maximum Gasteiger partial charge on any atom is 0.156 e. The molecule has 4 nitrogen and oxygen atoms in total. The highest BCUT2D eigenvalue weighted by Gasteiger charge is 2.12. The van der Waals surface area contributed by atoms with E-state index in [1.165, 1.54) is 0 Å². The quantitative estimate of drug-likeness (QED) is 0.851. The van der Waals surface area contributed by atoms with Gasteiger partial charge in [0.15, 0.2) is 4.34 Å². The molecule has 0 aliphatic rings. The molecule has 0 unspecified atom stereocenters. The predicted molar refractivity (Wildman–Crippen MR) is 76.5 cm³/mol. The van der Waals surface area contributed by atoms with Crippen molar-refractivity contribution < 1.29 is 0 Å². The van der Waals surface area contributed by atoms with Crippen LogP contribution < -0.4 is 5.32 Å². The highest BCUT2D eigenvalue weighted by molar-refractivity contribution is 8.01. The lowest BCUT2D eigenvalue weighted by Gasteiger charge is -2.10. The SMILES string of the molecule is CCNc1ncnc(Sc2nc(C)cs2)c1CC. The molecule has 0 bridgehead atoms. The van der Waals surface area contributed by atoms with Gasteiger partial charge >= 0.3 is 0 Å². The van der Waals surface area contributed by atoms with Crippen molar-refractivity contribution in [3.63, 3.8) is 0 Å². The monoisotopic (exact) mass is 280 g/mol. The third-order valence-electron chi connectivity index (χ3n) is 2.39. The number of hydrogen-bond donors (Lipinski definition) is 1. The first kappa shape index (κ1) is 13.3. The fraction of sp³-hybridized carbons (Fsp3) is 0.417. The molecule has 0 amide bonds. The minimum Gasteiger partial charge on any atom is -0.370 e. The number of nitrogens with zero attached hydrogens (tertiary/aromatic N) is 3. The number of anilines is 1. The Balaban J connectivity index is 2.29. The van der Waals surface area contributed by atoms with Gasteiger partial charge in [0.05, 0.1) is 0 Å². The summed E-state index contributed by atoms with van der Waals surface area (Å²) in [5.74, 6) is 0.936. The standard InChI is InChI=1S/C12H16N4S2/c1-4-9-10(13-5-2)14-7-15-11(9)18-12-16-8(3)6-17-12/h6-7H,4-5H2,1-3H3,(H,13,14,15). The molecule has 2 aromatic heterocycles. The van der Waals surface area contributed by atoms with Crippen LogP contribution in [0.1, 0.15) is 25.1 Å². The van der Waals surface area contributed by atoms with Crippen LogP contribution in [0.4, 0.5) is 5.82 Å². The van der Waals surface area contributed by atoms with Gasteiger partial charge in [-0.25, -0.2) is 15.0 Å². The van der Waals surface area contributed by atoms with Crippen molar-refractivity contribution in [3.8, 4) is 0 Å². The molecule has 1 N–H and O–H groups in total. The Morgan fingerprint density at radius 2 is 2.17 bits per heavy atom. The van der Waals surface area contributed by atoms with Gasteiger partial charge in [-0.2, -0.15) is 0 Å². The third kappa shape index (κ3) is 3.00. The second-order valence-corrected chi connectivity index (χ2v) is 5.84. The number of thiazole rings is 1. The molecule has 0 atom stereocenters. The van der Waals surface area contributed by atoms with E-state index in [9.17, 15) is 0 Å². The zero-order chi connectivity index (χ0) is 13.0. The zero-order valence-corrected chi connectivity index (χ0v) is 12.4. The van der Waals surface area contributed by atoms with Gasteiger partial charge in [-0.3, -0.25) is 0 Å². The van der Waals surface area contributed by atoms with E-state index in [2.05, 4.69) is 39.5 Å². The average molecular weight is 280 g/mol. The lowest BCUT2D eigenvalue weighted by atomic mass is 10.2. The van der Waals surface area contributed by atoms with Crippen LogP contribution in [0.2, 0.25) is 0 Å². The maximum absolute atomic E-state index is 4.46. The molecule has 2 aromatic rings. The second kappa shape index (κ2) is 6.15. The van der Waals surface area contributed by atoms with Gasteiger partial charge in [-0.1, -0.05) is 6.92 Å². The summed E-state index contributed by atoms with van der Waals surface area (Å²) in [5, 5.41) is 6.33. The van der Waals surface area contributed by atoms with E-state index < -0.39 is 0 Å². The molecule has 0 fully saturated rings. The summed E-state index contributed by atoms with van der Waals surface area (Å²) in [5.41, 5.74) is 2.22. The van der Waals surface area contributed by atoms with Crippen LogP contribution in [-0.4, -0.2) is 21.5 Å². The van der Waals surface area contributed by atoms with Crippen molar-refractivity contribution >= 4 is 28.9 Å². The zero-order valence-electron chi connectivity index (χ0n) is 10.7. The van der Waals surface area contributed by atoms with E-state index in [0.29, 0.717) is 0 Å². The van der Waals surface area contributed by atoms with Crippen molar-refractivity contribution in [1.82, 2.24) is 15.0 Å². The largest absolute Gasteiger partial charge is 0.370 e. The van der Waals surface area contributed by atoms with Crippen molar-refractivity contribution in [3.05, 3.63) is 23.0 Å². The van der Waals surface area contributed by atoms with E-state index >= 15 is 0 Å². The number of hydrogen-bond acceptors (Lipinski definition) is 6. The molecule has 2 heterocycles. The van der Waals surface area contributed by atoms with Gasteiger partial charge in [-0.15, -0.1) is 11.3 Å². The summed E-state index contributed by atoms with van der Waals surface area (Å²) in [6.45, 7) is 7.06. The lowest BCUT2D eigenvalue weighted by molar-refractivity contribution is 0.936. The van der Waals surface area contributed by atoms with Crippen LogP contribution >= 0.6 is 23.1 Å². The first-order valence-corrected chi connectivity index (χ1v) is 7.62. The Morgan fingerprint density at radius 1 is 1.33 bits per heavy atom. The number of aromatic nitrogens is 3. The van der Waals surface area contributed by atoms with Gasteiger partial charge in [-0.05, 0) is 32.0 Å². The molecule has 0 spiro atoms. The molecular formula is C12H16N4S2. The van der Waals surface area contributed by atoms with Crippen LogP contribution in [0.3, 0.4) is 0 Å². The predicted octanol–water partition coefficient (Wildman–Crippen LogP) is 3.39. The molecule has 0 aliphatic carbocycles. The molecule has 0 aliphatic heterocycles. The van der Waals surface area contributed by atoms with Gasteiger partial charge in [0.25, 0.3) is 0 Å². The third-order valence-corrected chi connectivity index (χ3v) is 4.49. The average Bonchev–Trinajstić information content (AvgIpc) is 2.76. The van der Waals surface area contributed by atoms with Crippen molar-refractivity contribution in [1.29, 1.82) is 0 Å².